The second-order valence-electron chi connectivity index (χ2n) is 5.81. The molecule has 0 unspecified atom stereocenters. The molecule has 0 saturated carbocycles. The van der Waals surface area contributed by atoms with E-state index >= 15 is 0 Å². The molecule has 0 bridgehead atoms. The van der Waals surface area contributed by atoms with Crippen LogP contribution in [-0.2, 0) is 9.53 Å². The summed E-state index contributed by atoms with van der Waals surface area (Å²) >= 11 is 0. The van der Waals surface area contributed by atoms with Crippen LogP contribution in [0.5, 0.6) is 0 Å². The zero-order valence-electron chi connectivity index (χ0n) is 10.7. The molecule has 0 spiro atoms. The van der Waals surface area contributed by atoms with Gasteiger partial charge in [0.2, 0.25) is 0 Å². The monoisotopic (exact) mass is 243 g/mol. The van der Waals surface area contributed by atoms with Gasteiger partial charge in [-0.15, -0.1) is 0 Å². The fourth-order valence-corrected chi connectivity index (χ4v) is 4.13. The third-order valence-corrected chi connectivity index (χ3v) is 9.19. The van der Waals surface area contributed by atoms with Gasteiger partial charge in [0, 0.05) is 6.42 Å². The van der Waals surface area contributed by atoms with Crippen LogP contribution < -0.4 is 0 Å². The lowest BCUT2D eigenvalue weighted by molar-refractivity contribution is -0.108. The Bertz CT molecular complexity index is 296. The van der Waals surface area contributed by atoms with Gasteiger partial charge in [-0.1, -0.05) is 33.9 Å². The molecule has 1 atom stereocenters. The number of hydrogen-bond acceptors (Lipinski definition) is 3. The summed E-state index contributed by atoms with van der Waals surface area (Å²) in [5.41, 5.74) is 0. The van der Waals surface area contributed by atoms with Gasteiger partial charge in [0.25, 0.3) is 0 Å². The van der Waals surface area contributed by atoms with Crippen molar-refractivity contribution in [3.05, 3.63) is 0 Å². The van der Waals surface area contributed by atoms with E-state index in [-0.39, 0.29) is 17.2 Å². The summed E-state index contributed by atoms with van der Waals surface area (Å²) in [4.78, 5) is 22.4. The Balaban J connectivity index is 2.99. The quantitative estimate of drug-likeness (QED) is 0.565. The van der Waals surface area contributed by atoms with Gasteiger partial charge in [0.15, 0.2) is 8.24 Å². The Morgan fingerprint density at radius 3 is 2.50 bits per heavy atom. The van der Waals surface area contributed by atoms with Crippen LogP contribution in [0.15, 0.2) is 0 Å². The average molecular weight is 243 g/mol. The highest BCUT2D eigenvalue weighted by atomic mass is 28.3. The van der Waals surface area contributed by atoms with E-state index in [1.807, 2.05) is 4.57 Å². The Hall–Kier alpha value is -0.843. The molecule has 0 radical (unpaired) electrons. The van der Waals surface area contributed by atoms with Crippen LogP contribution in [0, 0.1) is 0 Å². The summed E-state index contributed by atoms with van der Waals surface area (Å²) in [5, 5.41) is 0.0670. The Labute approximate surface area is 98.0 Å². The molecule has 0 aromatic rings. The number of hydrogen-bond donors (Lipinski definition) is 0. The fraction of sp³-hybridized carbons (Fsp3) is 0.818. The molecule has 1 heterocycles. The Morgan fingerprint density at radius 1 is 1.50 bits per heavy atom. The maximum Gasteiger partial charge on any atom is 0.402 e. The minimum atomic E-state index is -1.94. The maximum absolute atomic E-state index is 11.8. The number of cyclic esters (lactones) is 1. The molecular formula is C11H21NO3Si. The minimum Gasteiger partial charge on any atom is -0.448 e. The molecule has 0 aromatic heterocycles. The first-order chi connectivity index (χ1) is 7.21. The van der Waals surface area contributed by atoms with Crippen molar-refractivity contribution in [3.8, 4) is 0 Å². The largest absolute Gasteiger partial charge is 0.448 e. The molecule has 1 rings (SSSR count). The summed E-state index contributed by atoms with van der Waals surface area (Å²) in [6.07, 6.45) is 0.990. The van der Waals surface area contributed by atoms with E-state index in [1.54, 1.807) is 0 Å². The van der Waals surface area contributed by atoms with Crippen molar-refractivity contribution in [3.63, 3.8) is 0 Å². The molecule has 4 nitrogen and oxygen atoms in total. The maximum atomic E-state index is 11.8. The van der Waals surface area contributed by atoms with Gasteiger partial charge in [0.1, 0.15) is 12.9 Å². The summed E-state index contributed by atoms with van der Waals surface area (Å²) in [5.74, 6) is 0. The van der Waals surface area contributed by atoms with Crippen LogP contribution in [0.3, 0.4) is 0 Å². The zero-order chi connectivity index (χ0) is 12.6. The molecule has 92 valence electrons. The number of nitrogens with zero attached hydrogens (tertiary/aromatic N) is 1. The predicted molar refractivity (Wildman–Crippen MR) is 64.9 cm³/mol. The molecule has 0 N–H and O–H groups in total. The minimum absolute atomic E-state index is 0.0640. The van der Waals surface area contributed by atoms with Crippen LogP contribution in [0.2, 0.25) is 18.1 Å². The first-order valence-electron chi connectivity index (χ1n) is 5.61. The van der Waals surface area contributed by atoms with E-state index < -0.39 is 8.24 Å². The SMILES string of the molecule is CC(C)(C)[Si](C)(C)N1C(=O)OC[C@@H]1CC=O. The second-order valence-corrected chi connectivity index (χ2v) is 10.9. The van der Waals surface area contributed by atoms with Gasteiger partial charge in [-0.2, -0.15) is 0 Å². The van der Waals surface area contributed by atoms with Crippen LogP contribution in [0.4, 0.5) is 4.79 Å². The van der Waals surface area contributed by atoms with Crippen LogP contribution in [-0.4, -0.2) is 37.8 Å². The highest BCUT2D eigenvalue weighted by molar-refractivity contribution is 6.79. The first kappa shape index (κ1) is 13.2. The van der Waals surface area contributed by atoms with Crippen LogP contribution in [0.25, 0.3) is 0 Å². The van der Waals surface area contributed by atoms with Crippen molar-refractivity contribution in [1.82, 2.24) is 4.57 Å². The van der Waals surface area contributed by atoms with Crippen molar-refractivity contribution < 1.29 is 14.3 Å². The van der Waals surface area contributed by atoms with Crippen molar-refractivity contribution >= 4 is 20.6 Å². The zero-order valence-corrected chi connectivity index (χ0v) is 11.7. The molecular weight excluding hydrogens is 222 g/mol. The first-order valence-corrected chi connectivity index (χ1v) is 8.56. The molecule has 1 saturated heterocycles. The van der Waals surface area contributed by atoms with Gasteiger partial charge >= 0.3 is 6.09 Å². The number of rotatable bonds is 3. The summed E-state index contributed by atoms with van der Waals surface area (Å²) < 4.78 is 6.92. The Morgan fingerprint density at radius 2 is 2.06 bits per heavy atom. The Kier molecular flexibility index (Phi) is 3.47. The summed E-state index contributed by atoms with van der Waals surface area (Å²) in [7, 11) is -1.94. The van der Waals surface area contributed by atoms with Gasteiger partial charge in [0.05, 0.1) is 6.04 Å². The van der Waals surface area contributed by atoms with Gasteiger partial charge < -0.3 is 14.1 Å². The molecule has 0 aliphatic carbocycles. The molecule has 1 aliphatic rings. The third kappa shape index (κ3) is 2.14. The van der Waals surface area contributed by atoms with Crippen molar-refractivity contribution in [2.75, 3.05) is 6.61 Å². The third-order valence-electron chi connectivity index (χ3n) is 3.77. The lowest BCUT2D eigenvalue weighted by atomic mass is 10.2. The van der Waals surface area contributed by atoms with E-state index in [4.69, 9.17) is 4.74 Å². The van der Waals surface area contributed by atoms with E-state index in [1.165, 1.54) is 0 Å². The molecule has 1 amide bonds. The van der Waals surface area contributed by atoms with Gasteiger partial charge in [-0.25, -0.2) is 4.79 Å². The normalized spacial score (nSPS) is 22.2. The summed E-state index contributed by atoms with van der Waals surface area (Å²) in [6, 6.07) is -0.0640. The molecule has 1 aliphatic heterocycles. The predicted octanol–water partition coefficient (Wildman–Crippen LogP) is 2.40. The highest BCUT2D eigenvalue weighted by Gasteiger charge is 2.50. The number of carbonyl (C=O) groups is 2. The van der Waals surface area contributed by atoms with Crippen LogP contribution >= 0.6 is 0 Å². The van der Waals surface area contributed by atoms with E-state index in [0.717, 1.165) is 6.29 Å². The number of ether oxygens (including phenoxy) is 1. The van der Waals surface area contributed by atoms with Crippen LogP contribution in [0.1, 0.15) is 27.2 Å². The lowest BCUT2D eigenvalue weighted by Gasteiger charge is -2.44. The topological polar surface area (TPSA) is 46.6 Å². The number of carbonyl (C=O) groups excluding carboxylic acids is 2. The lowest BCUT2D eigenvalue weighted by Crippen LogP contribution is -2.58. The second kappa shape index (κ2) is 4.20. The van der Waals surface area contributed by atoms with Gasteiger partial charge in [-0.3, -0.25) is 0 Å². The molecule has 0 aromatic carbocycles. The fourth-order valence-electron chi connectivity index (χ4n) is 1.79. The van der Waals surface area contributed by atoms with Crippen molar-refractivity contribution in [2.24, 2.45) is 0 Å². The molecule has 1 fully saturated rings. The standard InChI is InChI=1S/C11H21NO3Si/c1-11(2,3)16(4,5)12-9(6-7-13)8-15-10(12)14/h7,9H,6,8H2,1-5H3/t9-/m0/s1. The van der Waals surface area contributed by atoms with Crippen molar-refractivity contribution in [2.45, 2.75) is 51.4 Å². The van der Waals surface area contributed by atoms with Gasteiger partial charge in [-0.05, 0) is 5.04 Å². The van der Waals surface area contributed by atoms with E-state index in [2.05, 4.69) is 33.9 Å². The highest BCUT2D eigenvalue weighted by Crippen LogP contribution is 2.41. The van der Waals surface area contributed by atoms with Crippen molar-refractivity contribution in [1.29, 1.82) is 0 Å². The average Bonchev–Trinajstić information content (AvgIpc) is 2.46. The number of amides is 1. The summed E-state index contributed by atoms with van der Waals surface area (Å²) in [6.45, 7) is 11.1. The smallest absolute Gasteiger partial charge is 0.402 e. The van der Waals surface area contributed by atoms with E-state index in [9.17, 15) is 9.59 Å². The molecule has 16 heavy (non-hydrogen) atoms. The van der Waals surface area contributed by atoms with E-state index in [0.29, 0.717) is 13.0 Å². The number of aldehydes is 1. The molecule has 5 heteroatoms.